The molecule has 202 valence electrons. The number of nitrogens with one attached hydrogen (secondary N) is 3. The molecule has 0 atom stereocenters. The molecule has 2 bridgehead atoms. The van der Waals surface area contributed by atoms with E-state index in [2.05, 4.69) is 25.9 Å². The minimum atomic E-state index is -1.06. The van der Waals surface area contributed by atoms with Gasteiger partial charge in [-0.1, -0.05) is 12.1 Å². The fraction of sp³-hybridized carbons (Fsp3) is 0.333. The maximum Gasteiger partial charge on any atom is 0.296 e. The summed E-state index contributed by atoms with van der Waals surface area (Å²) in [5.74, 6) is -2.39. The first-order valence-electron chi connectivity index (χ1n) is 12.6. The zero-order valence-corrected chi connectivity index (χ0v) is 21.2. The third-order valence-electron chi connectivity index (χ3n) is 7.23. The lowest BCUT2D eigenvalue weighted by Gasteiger charge is -2.37. The number of carbonyl (C=O) groups is 3. The minimum absolute atomic E-state index is 0.0280. The highest BCUT2D eigenvalue weighted by molar-refractivity contribution is 5.97. The third-order valence-corrected chi connectivity index (χ3v) is 7.23. The lowest BCUT2D eigenvalue weighted by Crippen LogP contribution is -2.50. The lowest BCUT2D eigenvalue weighted by molar-refractivity contribution is -0.114. The Balaban J connectivity index is 1.48. The Bertz CT molecular complexity index is 1510. The van der Waals surface area contributed by atoms with Crippen molar-refractivity contribution in [2.24, 2.45) is 5.92 Å². The molecule has 39 heavy (non-hydrogen) atoms. The predicted molar refractivity (Wildman–Crippen MR) is 137 cm³/mol. The zero-order valence-electron chi connectivity index (χ0n) is 21.2. The van der Waals surface area contributed by atoms with Crippen molar-refractivity contribution >= 4 is 23.4 Å². The van der Waals surface area contributed by atoms with Crippen molar-refractivity contribution in [2.45, 2.75) is 51.2 Å². The number of halogens is 1. The number of rotatable bonds is 6. The number of amides is 3. The van der Waals surface area contributed by atoms with Crippen molar-refractivity contribution < 1.29 is 23.9 Å². The number of hydrogen-bond acceptors (Lipinski definition) is 7. The van der Waals surface area contributed by atoms with Gasteiger partial charge in [0.15, 0.2) is 5.69 Å². The molecule has 0 saturated heterocycles. The summed E-state index contributed by atoms with van der Waals surface area (Å²) >= 11 is 0. The van der Waals surface area contributed by atoms with Crippen LogP contribution in [0.25, 0.3) is 0 Å². The molecule has 4 N–H and O–H groups in total. The molecule has 2 aliphatic heterocycles. The van der Waals surface area contributed by atoms with Gasteiger partial charge in [-0.15, -0.1) is 0 Å². The van der Waals surface area contributed by atoms with Crippen molar-refractivity contribution in [3.8, 4) is 5.75 Å². The van der Waals surface area contributed by atoms with Crippen LogP contribution in [0.15, 0.2) is 47.5 Å². The molecule has 1 aromatic carbocycles. The Morgan fingerprint density at radius 1 is 1.13 bits per heavy atom. The highest BCUT2D eigenvalue weighted by atomic mass is 19.1. The summed E-state index contributed by atoms with van der Waals surface area (Å²) < 4.78 is 14.6. The molecule has 2 aromatic heterocycles. The molecule has 0 unspecified atom stereocenters. The first-order valence-corrected chi connectivity index (χ1v) is 12.6. The Morgan fingerprint density at radius 2 is 1.85 bits per heavy atom. The Kier molecular flexibility index (Phi) is 6.85. The number of aromatic hydroxyl groups is 1. The molecule has 3 amide bonds. The quantitative estimate of drug-likeness (QED) is 0.378. The topological polar surface area (TPSA) is 155 Å². The minimum Gasteiger partial charge on any atom is -0.501 e. The number of aromatic nitrogens is 3. The Hall–Kier alpha value is -4.61. The lowest BCUT2D eigenvalue weighted by atomic mass is 9.77. The number of carbonyl (C=O) groups excluding carboxylic acids is 3. The van der Waals surface area contributed by atoms with E-state index >= 15 is 0 Å². The summed E-state index contributed by atoms with van der Waals surface area (Å²) in [6.07, 6.45) is 5.17. The van der Waals surface area contributed by atoms with Gasteiger partial charge in [-0.2, -0.15) is 0 Å². The molecule has 1 saturated carbocycles. The van der Waals surface area contributed by atoms with E-state index < -0.39 is 40.2 Å². The fourth-order valence-electron chi connectivity index (χ4n) is 5.25. The SMILES string of the molecule is CC(=O)Nc1cncc(C(=O)NC23CCC(CC2)Cn2c3nc(C(=O)NCc3ccc(F)cc3)c(O)c2=O)c1. The van der Waals surface area contributed by atoms with Crippen LogP contribution in [0, 0.1) is 11.7 Å². The predicted octanol–water partition coefficient (Wildman–Crippen LogP) is 2.20. The molecule has 12 heteroatoms. The van der Waals surface area contributed by atoms with Crippen molar-refractivity contribution in [3.63, 3.8) is 0 Å². The first-order chi connectivity index (χ1) is 18.6. The summed E-state index contributed by atoms with van der Waals surface area (Å²) in [7, 11) is 0. The van der Waals surface area contributed by atoms with E-state index in [0.29, 0.717) is 43.5 Å². The van der Waals surface area contributed by atoms with E-state index in [-0.39, 0.29) is 29.8 Å². The Morgan fingerprint density at radius 3 is 2.54 bits per heavy atom. The molecule has 3 aromatic rings. The van der Waals surface area contributed by atoms with Crippen LogP contribution in [0.3, 0.4) is 0 Å². The number of fused-ring (bicyclic) bond motifs is 2. The molecule has 4 heterocycles. The van der Waals surface area contributed by atoms with E-state index in [1.165, 1.54) is 54.2 Å². The zero-order chi connectivity index (χ0) is 27.7. The molecule has 11 nitrogen and oxygen atoms in total. The van der Waals surface area contributed by atoms with Gasteiger partial charge in [0.05, 0.1) is 23.0 Å². The molecule has 0 radical (unpaired) electrons. The van der Waals surface area contributed by atoms with Crippen molar-refractivity contribution in [3.05, 3.63) is 81.5 Å². The standard InChI is InChI=1S/C27H27FN6O5/c1-15(35)31-20-10-18(12-29-13-20)23(37)33-27-8-6-17(7-9-27)14-34-25(39)22(36)21(32-26(27)34)24(38)30-11-16-2-4-19(28)5-3-16/h2-5,10,12-13,17,36H,6-9,11,14H2,1H3,(H,30,38)(H,31,35)(H,33,37). The third kappa shape index (κ3) is 5.22. The van der Waals surface area contributed by atoms with Crippen LogP contribution in [-0.2, 0) is 23.4 Å². The molecule has 6 rings (SSSR count). The number of anilines is 1. The number of benzene rings is 1. The summed E-state index contributed by atoms with van der Waals surface area (Å²) in [5.41, 5.74) is -1.08. The largest absolute Gasteiger partial charge is 0.501 e. The maximum absolute atomic E-state index is 13.4. The van der Waals surface area contributed by atoms with Gasteiger partial charge in [0, 0.05) is 26.2 Å². The second kappa shape index (κ2) is 10.3. The molecule has 0 spiro atoms. The summed E-state index contributed by atoms with van der Waals surface area (Å²) in [4.78, 5) is 59.6. The molecular formula is C27H27FN6O5. The van der Waals surface area contributed by atoms with Gasteiger partial charge < -0.3 is 21.1 Å². The summed E-state index contributed by atoms with van der Waals surface area (Å²) in [6, 6.07) is 7.03. The van der Waals surface area contributed by atoms with Crippen LogP contribution < -0.4 is 21.5 Å². The van der Waals surface area contributed by atoms with Crippen LogP contribution in [0.5, 0.6) is 5.75 Å². The van der Waals surface area contributed by atoms with Crippen LogP contribution in [0.2, 0.25) is 0 Å². The average Bonchev–Trinajstić information content (AvgIpc) is 3.16. The summed E-state index contributed by atoms with van der Waals surface area (Å²) in [6.45, 7) is 1.68. The van der Waals surface area contributed by atoms with Gasteiger partial charge in [0.25, 0.3) is 17.4 Å². The van der Waals surface area contributed by atoms with Gasteiger partial charge in [0.1, 0.15) is 11.6 Å². The number of nitrogens with zero attached hydrogens (tertiary/aromatic N) is 3. The fourth-order valence-corrected chi connectivity index (χ4v) is 5.25. The van der Waals surface area contributed by atoms with Crippen molar-refractivity contribution in [1.82, 2.24) is 25.2 Å². The van der Waals surface area contributed by atoms with E-state index in [1.54, 1.807) is 0 Å². The van der Waals surface area contributed by atoms with Crippen LogP contribution in [0.4, 0.5) is 10.1 Å². The van der Waals surface area contributed by atoms with Crippen molar-refractivity contribution in [2.75, 3.05) is 5.32 Å². The molecule has 1 aliphatic carbocycles. The molecule has 1 fully saturated rings. The van der Waals surface area contributed by atoms with E-state index in [0.717, 1.165) is 0 Å². The maximum atomic E-state index is 13.4. The van der Waals surface area contributed by atoms with Gasteiger partial charge in [-0.05, 0) is 55.4 Å². The van der Waals surface area contributed by atoms with Crippen molar-refractivity contribution in [1.29, 1.82) is 0 Å². The second-order valence-electron chi connectivity index (χ2n) is 9.98. The highest BCUT2D eigenvalue weighted by Gasteiger charge is 2.46. The van der Waals surface area contributed by atoms with Crippen LogP contribution in [0.1, 0.15) is 64.8 Å². The number of hydrogen-bond donors (Lipinski definition) is 4. The van der Waals surface area contributed by atoms with E-state index in [1.807, 2.05) is 0 Å². The number of pyridine rings is 1. The molecule has 3 aliphatic rings. The normalized spacial score (nSPS) is 19.5. The van der Waals surface area contributed by atoms with Crippen LogP contribution in [-0.4, -0.2) is 37.4 Å². The highest BCUT2D eigenvalue weighted by Crippen LogP contribution is 2.43. The van der Waals surface area contributed by atoms with Gasteiger partial charge in [-0.3, -0.25) is 28.7 Å². The Labute approximate surface area is 222 Å². The van der Waals surface area contributed by atoms with E-state index in [4.69, 9.17) is 0 Å². The first kappa shape index (κ1) is 26.0. The summed E-state index contributed by atoms with van der Waals surface area (Å²) in [5, 5.41) is 18.9. The van der Waals surface area contributed by atoms with Gasteiger partial charge in [0.2, 0.25) is 11.7 Å². The van der Waals surface area contributed by atoms with E-state index in [9.17, 15) is 28.7 Å². The molecular weight excluding hydrogens is 507 g/mol. The average molecular weight is 535 g/mol. The van der Waals surface area contributed by atoms with Gasteiger partial charge in [-0.25, -0.2) is 9.37 Å². The van der Waals surface area contributed by atoms with Gasteiger partial charge >= 0.3 is 0 Å². The smallest absolute Gasteiger partial charge is 0.296 e. The monoisotopic (exact) mass is 534 g/mol. The van der Waals surface area contributed by atoms with Crippen LogP contribution >= 0.6 is 0 Å². The second-order valence-corrected chi connectivity index (χ2v) is 9.98.